The molecule has 0 aliphatic carbocycles. The summed E-state index contributed by atoms with van der Waals surface area (Å²) in [4.78, 5) is 22.0. The van der Waals surface area contributed by atoms with E-state index >= 15 is 0 Å². The topological polar surface area (TPSA) is 98.2 Å². The second kappa shape index (κ2) is 5.87. The normalized spacial score (nSPS) is 12.0. The van der Waals surface area contributed by atoms with Gasteiger partial charge in [0.1, 0.15) is 5.69 Å². The van der Waals surface area contributed by atoms with E-state index in [9.17, 15) is 18.4 Å². The molecule has 0 aliphatic rings. The van der Waals surface area contributed by atoms with Crippen molar-refractivity contribution in [1.82, 2.24) is 0 Å². The monoisotopic (exact) mass is 321 g/mol. The van der Waals surface area contributed by atoms with Crippen LogP contribution in [0.3, 0.4) is 0 Å². The molecule has 0 saturated heterocycles. The lowest BCUT2D eigenvalue weighted by Crippen LogP contribution is -2.39. The van der Waals surface area contributed by atoms with Crippen molar-refractivity contribution in [2.45, 2.75) is 12.5 Å². The summed E-state index contributed by atoms with van der Waals surface area (Å²) < 4.78 is 27.0. The van der Waals surface area contributed by atoms with E-state index in [1.54, 1.807) is 0 Å². The smallest absolute Gasteiger partial charge is 0.241 e. The van der Waals surface area contributed by atoms with Crippen LogP contribution in [0.15, 0.2) is 16.6 Å². The van der Waals surface area contributed by atoms with Gasteiger partial charge in [-0.1, -0.05) is 15.9 Å². The van der Waals surface area contributed by atoms with Crippen molar-refractivity contribution in [3.05, 3.63) is 28.2 Å². The van der Waals surface area contributed by atoms with Gasteiger partial charge in [0.15, 0.2) is 11.6 Å². The lowest BCUT2D eigenvalue weighted by atomic mass is 10.2. The van der Waals surface area contributed by atoms with Gasteiger partial charge in [0, 0.05) is 4.47 Å². The fraction of sp³-hybridized carbons (Fsp3) is 0.200. The molecule has 98 valence electrons. The van der Waals surface area contributed by atoms with Gasteiger partial charge in [0.05, 0.1) is 12.5 Å². The van der Waals surface area contributed by atoms with Crippen LogP contribution < -0.4 is 16.8 Å². The van der Waals surface area contributed by atoms with Crippen molar-refractivity contribution in [1.29, 1.82) is 0 Å². The summed E-state index contributed by atoms with van der Waals surface area (Å²) in [7, 11) is 0. The molecule has 1 unspecified atom stereocenters. The molecule has 18 heavy (non-hydrogen) atoms. The summed E-state index contributed by atoms with van der Waals surface area (Å²) in [6, 6.07) is 0.710. The Morgan fingerprint density at radius 3 is 2.28 bits per heavy atom. The first-order chi connectivity index (χ1) is 8.31. The molecular formula is C10H10BrF2N3O2. The Hall–Kier alpha value is -1.54. The number of benzene rings is 1. The summed E-state index contributed by atoms with van der Waals surface area (Å²) in [6.07, 6.45) is -0.411. The van der Waals surface area contributed by atoms with Crippen molar-refractivity contribution in [2.24, 2.45) is 11.5 Å². The second-order valence-corrected chi connectivity index (χ2v) is 4.43. The number of amides is 2. The van der Waals surface area contributed by atoms with Crippen LogP contribution in [0.5, 0.6) is 0 Å². The first kappa shape index (κ1) is 14.5. The third-order valence-corrected chi connectivity index (χ3v) is 2.47. The largest absolute Gasteiger partial charge is 0.370 e. The number of nitrogens with one attached hydrogen (secondary N) is 1. The SMILES string of the molecule is NC(=O)CC(N)C(=O)Nc1c(F)cc(Br)cc1F. The van der Waals surface area contributed by atoms with Gasteiger partial charge in [-0.2, -0.15) is 0 Å². The maximum Gasteiger partial charge on any atom is 0.241 e. The Bertz CT molecular complexity index is 473. The van der Waals surface area contributed by atoms with Gasteiger partial charge in [-0.15, -0.1) is 0 Å². The molecule has 1 atom stereocenters. The van der Waals surface area contributed by atoms with Gasteiger partial charge in [0.25, 0.3) is 0 Å². The Morgan fingerprint density at radius 2 is 1.83 bits per heavy atom. The number of carbonyl (C=O) groups is 2. The summed E-state index contributed by atoms with van der Waals surface area (Å²) in [5.41, 5.74) is 9.56. The molecule has 0 saturated carbocycles. The fourth-order valence-electron chi connectivity index (χ4n) is 1.19. The Kier molecular flexibility index (Phi) is 4.74. The highest BCUT2D eigenvalue weighted by molar-refractivity contribution is 9.10. The summed E-state index contributed by atoms with van der Waals surface area (Å²) in [5.74, 6) is -3.59. The molecule has 0 spiro atoms. The molecular weight excluding hydrogens is 312 g/mol. The molecule has 0 heterocycles. The van der Waals surface area contributed by atoms with Crippen LogP contribution in [0.2, 0.25) is 0 Å². The molecule has 1 aromatic carbocycles. The second-order valence-electron chi connectivity index (χ2n) is 3.51. The van der Waals surface area contributed by atoms with E-state index in [4.69, 9.17) is 11.5 Å². The maximum atomic E-state index is 13.4. The molecule has 5 N–H and O–H groups in total. The highest BCUT2D eigenvalue weighted by atomic mass is 79.9. The molecule has 1 rings (SSSR count). The zero-order chi connectivity index (χ0) is 13.9. The predicted octanol–water partition coefficient (Wildman–Crippen LogP) is 0.868. The van der Waals surface area contributed by atoms with Crippen LogP contribution in [0, 0.1) is 11.6 Å². The van der Waals surface area contributed by atoms with Crippen LogP contribution in [-0.4, -0.2) is 17.9 Å². The minimum absolute atomic E-state index is 0.192. The fourth-order valence-corrected chi connectivity index (χ4v) is 1.59. The van der Waals surface area contributed by atoms with E-state index in [0.717, 1.165) is 12.1 Å². The minimum Gasteiger partial charge on any atom is -0.370 e. The standard InChI is InChI=1S/C10H10BrF2N3O2/c11-4-1-5(12)9(6(13)2-4)16-10(18)7(14)3-8(15)17/h1-2,7H,3,14H2,(H2,15,17)(H,16,18). The number of halogens is 3. The van der Waals surface area contributed by atoms with Crippen molar-refractivity contribution in [3.63, 3.8) is 0 Å². The highest BCUT2D eigenvalue weighted by Crippen LogP contribution is 2.23. The number of hydrogen-bond acceptors (Lipinski definition) is 3. The van der Waals surface area contributed by atoms with Crippen LogP contribution in [0.4, 0.5) is 14.5 Å². The molecule has 8 heteroatoms. The average molecular weight is 322 g/mol. The molecule has 0 aliphatic heterocycles. The van der Waals surface area contributed by atoms with Gasteiger partial charge >= 0.3 is 0 Å². The van der Waals surface area contributed by atoms with E-state index in [-0.39, 0.29) is 4.47 Å². The summed E-state index contributed by atoms with van der Waals surface area (Å²) in [5, 5.41) is 1.97. The van der Waals surface area contributed by atoms with Crippen molar-refractivity contribution in [3.8, 4) is 0 Å². The lowest BCUT2D eigenvalue weighted by molar-refractivity contribution is -0.123. The molecule has 0 fully saturated rings. The van der Waals surface area contributed by atoms with Crippen LogP contribution >= 0.6 is 15.9 Å². The van der Waals surface area contributed by atoms with Crippen LogP contribution in [0.1, 0.15) is 6.42 Å². The van der Waals surface area contributed by atoms with Gasteiger partial charge in [0.2, 0.25) is 11.8 Å². The van der Waals surface area contributed by atoms with Gasteiger partial charge in [-0.3, -0.25) is 9.59 Å². The first-order valence-electron chi connectivity index (χ1n) is 4.80. The zero-order valence-corrected chi connectivity index (χ0v) is 10.6. The van der Waals surface area contributed by atoms with E-state index in [0.29, 0.717) is 0 Å². The summed E-state index contributed by atoms with van der Waals surface area (Å²) in [6.45, 7) is 0. The molecule has 2 amide bonds. The number of hydrogen-bond donors (Lipinski definition) is 3. The van der Waals surface area contributed by atoms with Crippen LogP contribution in [0.25, 0.3) is 0 Å². The van der Waals surface area contributed by atoms with Crippen molar-refractivity contribution >= 4 is 33.4 Å². The molecule has 0 aromatic heterocycles. The van der Waals surface area contributed by atoms with E-state index in [1.165, 1.54) is 0 Å². The molecule has 0 radical (unpaired) electrons. The number of carbonyl (C=O) groups excluding carboxylic acids is 2. The van der Waals surface area contributed by atoms with Crippen molar-refractivity contribution in [2.75, 3.05) is 5.32 Å². The minimum atomic E-state index is -1.26. The molecule has 1 aromatic rings. The lowest BCUT2D eigenvalue weighted by Gasteiger charge is -2.12. The van der Waals surface area contributed by atoms with E-state index in [2.05, 4.69) is 15.9 Å². The maximum absolute atomic E-state index is 13.4. The van der Waals surface area contributed by atoms with Crippen molar-refractivity contribution < 1.29 is 18.4 Å². The third kappa shape index (κ3) is 3.74. The number of primary amides is 1. The average Bonchev–Trinajstić information content (AvgIpc) is 2.21. The predicted molar refractivity (Wildman–Crippen MR) is 64.5 cm³/mol. The zero-order valence-electron chi connectivity index (χ0n) is 9.04. The number of nitrogens with two attached hydrogens (primary N) is 2. The Balaban J connectivity index is 2.85. The van der Waals surface area contributed by atoms with Crippen LogP contribution in [-0.2, 0) is 9.59 Å². The Labute approximate surface area is 110 Å². The number of rotatable bonds is 4. The highest BCUT2D eigenvalue weighted by Gasteiger charge is 2.19. The third-order valence-electron chi connectivity index (χ3n) is 2.01. The Morgan fingerprint density at radius 1 is 1.33 bits per heavy atom. The molecule has 0 bridgehead atoms. The number of anilines is 1. The van der Waals surface area contributed by atoms with E-state index < -0.39 is 41.6 Å². The molecule has 5 nitrogen and oxygen atoms in total. The first-order valence-corrected chi connectivity index (χ1v) is 5.60. The summed E-state index contributed by atoms with van der Waals surface area (Å²) >= 11 is 2.90. The quantitative estimate of drug-likeness (QED) is 0.767. The van der Waals surface area contributed by atoms with Gasteiger partial charge < -0.3 is 16.8 Å². The van der Waals surface area contributed by atoms with E-state index in [1.807, 2.05) is 5.32 Å². The van der Waals surface area contributed by atoms with Gasteiger partial charge in [-0.25, -0.2) is 8.78 Å². The van der Waals surface area contributed by atoms with Gasteiger partial charge in [-0.05, 0) is 12.1 Å².